The van der Waals surface area contributed by atoms with Gasteiger partial charge in [0.1, 0.15) is 30.0 Å². The van der Waals surface area contributed by atoms with Crippen molar-refractivity contribution in [3.8, 4) is 0 Å². The number of ether oxygens (including phenoxy) is 4. The Morgan fingerprint density at radius 1 is 1.15 bits per heavy atom. The minimum atomic E-state index is -0.951. The number of Topliss-reactive ketones (excluding diaryl/α,β-unsaturated/α-hetero) is 1. The molecule has 1 amide bonds. The second-order valence-electron chi connectivity index (χ2n) is 10.0. The molecule has 4 fully saturated rings. The summed E-state index contributed by atoms with van der Waals surface area (Å²) in [5.74, 6) is -0.307. The lowest BCUT2D eigenvalue weighted by Crippen LogP contribution is -2.49. The molecule has 0 aromatic carbocycles. The number of hydrogen-bond acceptors (Lipinski definition) is 7. The molecule has 1 N–H and O–H groups in total. The van der Waals surface area contributed by atoms with Crippen LogP contribution in [-0.2, 0) is 33.3 Å². The van der Waals surface area contributed by atoms with E-state index in [0.29, 0.717) is 12.3 Å². The van der Waals surface area contributed by atoms with Gasteiger partial charge >= 0.3 is 5.97 Å². The van der Waals surface area contributed by atoms with Crippen molar-refractivity contribution in [2.75, 3.05) is 0 Å². The first kappa shape index (κ1) is 25.1. The third-order valence-electron chi connectivity index (χ3n) is 7.13. The Balaban J connectivity index is 1.35. The minimum absolute atomic E-state index is 0.0522. The summed E-state index contributed by atoms with van der Waals surface area (Å²) in [5.41, 5.74) is 0.146. The summed E-state index contributed by atoms with van der Waals surface area (Å²) in [5, 5.41) is 2.93. The van der Waals surface area contributed by atoms with E-state index in [9.17, 15) is 14.4 Å². The second-order valence-corrected chi connectivity index (χ2v) is 10.0. The lowest BCUT2D eigenvalue weighted by molar-refractivity contribution is -0.197. The van der Waals surface area contributed by atoms with Crippen molar-refractivity contribution in [2.24, 2.45) is 5.92 Å². The molecule has 8 nitrogen and oxygen atoms in total. The van der Waals surface area contributed by atoms with Crippen LogP contribution in [0.4, 0.5) is 0 Å². The van der Waals surface area contributed by atoms with E-state index >= 15 is 0 Å². The molecule has 7 unspecified atom stereocenters. The van der Waals surface area contributed by atoms with Gasteiger partial charge in [-0.25, -0.2) is 0 Å². The number of amides is 1. The molecule has 3 saturated heterocycles. The van der Waals surface area contributed by atoms with Crippen molar-refractivity contribution in [3.63, 3.8) is 0 Å². The summed E-state index contributed by atoms with van der Waals surface area (Å²) >= 11 is 0. The van der Waals surface area contributed by atoms with Gasteiger partial charge in [-0.3, -0.25) is 14.4 Å². The molecule has 188 valence electrons. The standard InChI is InChI=1S/C26H37NO7/c1-5-7-8-9-10-15(3)13-16(4)11-12-18(28)27-17-14-26(34-25(17)31-19(29)6-2)23-21(32-23)20(30)22-24(26)33-22/h11-13,15,17,21-25H,5-10,14H2,1-4H3,(H,27,28)/b12-11+,16-13-. The number of unbranched alkanes of at least 4 members (excludes halogenated alkanes) is 3. The fourth-order valence-electron chi connectivity index (χ4n) is 5.23. The van der Waals surface area contributed by atoms with Crippen LogP contribution in [0.3, 0.4) is 0 Å². The normalized spacial score (nSPS) is 36.8. The number of carbonyl (C=O) groups excluding carboxylic acids is 3. The molecule has 8 heteroatoms. The number of esters is 1. The van der Waals surface area contributed by atoms with E-state index in [1.54, 1.807) is 13.0 Å². The highest BCUT2D eigenvalue weighted by Gasteiger charge is 2.79. The van der Waals surface area contributed by atoms with Crippen LogP contribution in [0.2, 0.25) is 0 Å². The van der Waals surface area contributed by atoms with Crippen molar-refractivity contribution >= 4 is 17.7 Å². The predicted molar refractivity (Wildman–Crippen MR) is 124 cm³/mol. The van der Waals surface area contributed by atoms with Crippen LogP contribution in [0.5, 0.6) is 0 Å². The lowest BCUT2D eigenvalue weighted by Gasteiger charge is -2.27. The molecule has 1 spiro atoms. The van der Waals surface area contributed by atoms with Gasteiger partial charge in [-0.15, -0.1) is 0 Å². The third-order valence-corrected chi connectivity index (χ3v) is 7.13. The van der Waals surface area contributed by atoms with Crippen LogP contribution in [0.15, 0.2) is 23.8 Å². The van der Waals surface area contributed by atoms with Gasteiger partial charge in [0.05, 0.1) is 6.04 Å². The second kappa shape index (κ2) is 10.3. The average Bonchev–Trinajstić information content (AvgIpc) is 3.72. The smallest absolute Gasteiger partial charge is 0.307 e. The van der Waals surface area contributed by atoms with Gasteiger partial charge in [-0.1, -0.05) is 64.2 Å². The molecule has 0 bridgehead atoms. The van der Waals surface area contributed by atoms with Gasteiger partial charge < -0.3 is 24.3 Å². The Labute approximate surface area is 201 Å². The van der Waals surface area contributed by atoms with Gasteiger partial charge in [-0.05, 0) is 19.3 Å². The maximum Gasteiger partial charge on any atom is 0.307 e. The highest BCUT2D eigenvalue weighted by atomic mass is 16.8. The van der Waals surface area contributed by atoms with E-state index in [2.05, 4.69) is 25.2 Å². The Bertz CT molecular complexity index is 845. The largest absolute Gasteiger partial charge is 0.433 e. The van der Waals surface area contributed by atoms with Crippen LogP contribution in [0.1, 0.15) is 72.6 Å². The van der Waals surface area contributed by atoms with Gasteiger partial charge in [0.2, 0.25) is 12.2 Å². The molecule has 0 aromatic heterocycles. The van der Waals surface area contributed by atoms with E-state index in [1.165, 1.54) is 31.8 Å². The van der Waals surface area contributed by atoms with Crippen LogP contribution < -0.4 is 5.32 Å². The quantitative estimate of drug-likeness (QED) is 0.161. The van der Waals surface area contributed by atoms with Crippen LogP contribution in [-0.4, -0.2) is 60.0 Å². The van der Waals surface area contributed by atoms with Crippen molar-refractivity contribution < 1.29 is 33.3 Å². The number of fused-ring (bicyclic) bond motifs is 4. The fraction of sp³-hybridized carbons (Fsp3) is 0.731. The number of hydrogen-bond donors (Lipinski definition) is 1. The predicted octanol–water partition coefficient (Wildman–Crippen LogP) is 3.14. The summed E-state index contributed by atoms with van der Waals surface area (Å²) in [4.78, 5) is 36.8. The van der Waals surface area contributed by atoms with Gasteiger partial charge in [-0.2, -0.15) is 0 Å². The lowest BCUT2D eigenvalue weighted by atomic mass is 9.81. The van der Waals surface area contributed by atoms with Gasteiger partial charge in [0, 0.05) is 18.9 Å². The highest BCUT2D eigenvalue weighted by molar-refractivity contribution is 5.95. The Hall–Kier alpha value is -2.03. The molecule has 34 heavy (non-hydrogen) atoms. The van der Waals surface area contributed by atoms with Gasteiger partial charge in [0.15, 0.2) is 5.78 Å². The van der Waals surface area contributed by atoms with Crippen molar-refractivity contribution in [1.82, 2.24) is 5.32 Å². The third kappa shape index (κ3) is 5.29. The van der Waals surface area contributed by atoms with E-state index in [4.69, 9.17) is 18.9 Å². The summed E-state index contributed by atoms with van der Waals surface area (Å²) in [7, 11) is 0. The zero-order valence-corrected chi connectivity index (χ0v) is 20.6. The SMILES string of the molecule is CCCCCCC(C)/C=C(C)\C=C\C(=O)NC1CC2(OC1OC(=O)CC)C1OC1C(=O)C1OC12. The summed E-state index contributed by atoms with van der Waals surface area (Å²) in [6, 6.07) is -0.558. The molecule has 4 aliphatic rings. The number of rotatable bonds is 11. The minimum Gasteiger partial charge on any atom is -0.433 e. The maximum absolute atomic E-state index is 12.7. The van der Waals surface area contributed by atoms with Crippen molar-refractivity contribution in [3.05, 3.63) is 23.8 Å². The summed E-state index contributed by atoms with van der Waals surface area (Å²) in [6.45, 7) is 8.09. The summed E-state index contributed by atoms with van der Waals surface area (Å²) in [6.07, 6.45) is 9.28. The number of epoxide rings is 2. The molecular weight excluding hydrogens is 438 g/mol. The number of carbonyl (C=O) groups is 3. The number of nitrogens with one attached hydrogen (secondary N) is 1. The van der Waals surface area contributed by atoms with Crippen LogP contribution in [0.25, 0.3) is 0 Å². The van der Waals surface area contributed by atoms with Crippen LogP contribution in [0, 0.1) is 5.92 Å². The Morgan fingerprint density at radius 2 is 1.85 bits per heavy atom. The zero-order valence-electron chi connectivity index (χ0n) is 20.6. The van der Waals surface area contributed by atoms with Crippen molar-refractivity contribution in [1.29, 1.82) is 0 Å². The summed E-state index contributed by atoms with van der Waals surface area (Å²) < 4.78 is 22.8. The topological polar surface area (TPSA) is 107 Å². The molecule has 3 aliphatic heterocycles. The van der Waals surface area contributed by atoms with E-state index < -0.39 is 48.3 Å². The maximum atomic E-state index is 12.7. The van der Waals surface area contributed by atoms with E-state index in [-0.39, 0.29) is 18.1 Å². The molecule has 7 atom stereocenters. The van der Waals surface area contributed by atoms with E-state index in [1.807, 2.05) is 6.92 Å². The first-order valence-corrected chi connectivity index (χ1v) is 12.7. The molecule has 3 heterocycles. The number of allylic oxidation sites excluding steroid dienone is 3. The molecule has 0 aromatic rings. The molecule has 1 saturated carbocycles. The molecule has 1 aliphatic carbocycles. The van der Waals surface area contributed by atoms with Crippen LogP contribution >= 0.6 is 0 Å². The van der Waals surface area contributed by atoms with Crippen molar-refractivity contribution in [2.45, 2.75) is 115 Å². The molecule has 4 rings (SSSR count). The van der Waals surface area contributed by atoms with Gasteiger partial charge in [0.25, 0.3) is 0 Å². The Kier molecular flexibility index (Phi) is 7.60. The monoisotopic (exact) mass is 475 g/mol. The average molecular weight is 476 g/mol. The first-order valence-electron chi connectivity index (χ1n) is 12.7. The number of ketones is 1. The molecular formula is C26H37NO7. The zero-order chi connectivity index (χ0) is 24.5. The van der Waals surface area contributed by atoms with E-state index in [0.717, 1.165) is 12.0 Å². The Morgan fingerprint density at radius 3 is 2.50 bits per heavy atom. The molecule has 0 radical (unpaired) electrons. The fourth-order valence-corrected chi connectivity index (χ4v) is 5.23. The highest BCUT2D eigenvalue weighted by Crippen LogP contribution is 2.57. The first-order chi connectivity index (χ1) is 16.3.